The Morgan fingerprint density at radius 1 is 0.765 bits per heavy atom. The van der Waals surface area contributed by atoms with Gasteiger partial charge in [-0.05, 0) is 66.3 Å². The number of guanidine groups is 1. The number of fused-ring (bicyclic) bond motifs is 2. The molecule has 0 heterocycles. The number of nitrogens with two attached hydrogens (primary N) is 1. The largest absolute Gasteiger partial charge is 0.444 e. The molecule has 270 valence electrons. The summed E-state index contributed by atoms with van der Waals surface area (Å²) in [6.45, 7) is 5.64. The maximum atomic E-state index is 14.1. The Hall–Kier alpha value is -5.65. The summed E-state index contributed by atoms with van der Waals surface area (Å²) in [5.74, 6) is -1.30. The second kappa shape index (κ2) is 17.8. The van der Waals surface area contributed by atoms with Gasteiger partial charge in [0.15, 0.2) is 5.96 Å². The van der Waals surface area contributed by atoms with Crippen LogP contribution in [-0.2, 0) is 32.0 Å². The normalized spacial score (nSPS) is 13.5. The molecule has 0 aliphatic heterocycles. The Balaban J connectivity index is 1.57. The van der Waals surface area contributed by atoms with Gasteiger partial charge in [-0.2, -0.15) is 0 Å². The van der Waals surface area contributed by atoms with E-state index in [2.05, 4.69) is 31.6 Å². The van der Waals surface area contributed by atoms with E-state index in [1.165, 1.54) is 0 Å². The van der Waals surface area contributed by atoms with Crippen LogP contribution < -0.4 is 32.3 Å². The van der Waals surface area contributed by atoms with Crippen molar-refractivity contribution in [3.63, 3.8) is 0 Å². The molecule has 4 amide bonds. The average Bonchev–Trinajstić information content (AvgIpc) is 3.09. The van der Waals surface area contributed by atoms with Gasteiger partial charge in [0.2, 0.25) is 17.7 Å². The second-order valence-corrected chi connectivity index (χ2v) is 13.3. The fraction of sp³-hybridized carbons (Fsp3) is 0.359. The zero-order valence-corrected chi connectivity index (χ0v) is 29.9. The number of nitrogens with zero attached hydrogens (tertiary/aromatic N) is 1. The molecule has 12 nitrogen and oxygen atoms in total. The fourth-order valence-corrected chi connectivity index (χ4v) is 5.78. The third kappa shape index (κ3) is 11.4. The molecule has 4 aromatic carbocycles. The van der Waals surface area contributed by atoms with Crippen LogP contribution in [0.4, 0.5) is 4.79 Å². The number of aliphatic imine (C=N–C) groups is 1. The van der Waals surface area contributed by atoms with Crippen LogP contribution in [0.5, 0.6) is 0 Å². The van der Waals surface area contributed by atoms with Gasteiger partial charge in [0.25, 0.3) is 0 Å². The number of alkyl carbamates (subject to hydrolysis) is 1. The number of carbonyl (C=O) groups is 4. The molecule has 0 aromatic heterocycles. The fourth-order valence-electron chi connectivity index (χ4n) is 5.78. The SMILES string of the molecule is CN=C(NC)NCCC[C@H](NC(=O)[C@@H](Cc1cccc2ccccc12)NC(=O)OC(C)(C)C)C(=O)N[C@H](Cc1ccc2ccccc2c1)C(N)=O. The number of primary amides is 1. The van der Waals surface area contributed by atoms with E-state index in [0.717, 1.165) is 32.7 Å². The summed E-state index contributed by atoms with van der Waals surface area (Å²) in [7, 11) is 3.38. The smallest absolute Gasteiger partial charge is 0.408 e. The van der Waals surface area contributed by atoms with Crippen LogP contribution in [-0.4, -0.2) is 74.1 Å². The van der Waals surface area contributed by atoms with E-state index in [0.29, 0.717) is 18.9 Å². The van der Waals surface area contributed by atoms with Gasteiger partial charge in [-0.25, -0.2) is 4.79 Å². The van der Waals surface area contributed by atoms with E-state index in [1.54, 1.807) is 34.9 Å². The summed E-state index contributed by atoms with van der Waals surface area (Å²) in [6, 6.07) is 24.0. The topological polar surface area (TPSA) is 176 Å². The number of hydrogen-bond donors (Lipinski definition) is 6. The van der Waals surface area contributed by atoms with Gasteiger partial charge < -0.3 is 37.1 Å². The molecular weight excluding hydrogens is 646 g/mol. The van der Waals surface area contributed by atoms with Crippen LogP contribution >= 0.6 is 0 Å². The average molecular weight is 696 g/mol. The van der Waals surface area contributed by atoms with E-state index in [1.807, 2.05) is 84.9 Å². The van der Waals surface area contributed by atoms with Crippen molar-refractivity contribution in [1.82, 2.24) is 26.6 Å². The minimum atomic E-state index is -1.09. The Morgan fingerprint density at radius 3 is 2.10 bits per heavy atom. The first-order valence-electron chi connectivity index (χ1n) is 17.1. The van der Waals surface area contributed by atoms with Crippen LogP contribution in [0, 0.1) is 0 Å². The molecule has 51 heavy (non-hydrogen) atoms. The van der Waals surface area contributed by atoms with Crippen LogP contribution in [0.25, 0.3) is 21.5 Å². The zero-order chi connectivity index (χ0) is 37.0. The minimum absolute atomic E-state index is 0.132. The summed E-state index contributed by atoms with van der Waals surface area (Å²) >= 11 is 0. The summed E-state index contributed by atoms with van der Waals surface area (Å²) in [6.07, 6.45) is 0.192. The standard InChI is InChI=1S/C39H49N7O5/c1-39(2,3)51-38(50)46-33(24-29-16-10-15-27-13-8-9-17-30(27)29)36(49)44-31(18-11-21-43-37(41-4)42-5)35(48)45-32(34(40)47)23-25-19-20-26-12-6-7-14-28(26)22-25/h6-10,12-17,19-20,22,31-33H,11,18,21,23-24H2,1-5H3,(H2,40,47)(H,44,49)(H,45,48)(H,46,50)(H2,41,42,43)/t31-,32+,33+/m0/s1. The van der Waals surface area contributed by atoms with Gasteiger partial charge in [-0.1, -0.05) is 84.9 Å². The highest BCUT2D eigenvalue weighted by Crippen LogP contribution is 2.21. The highest BCUT2D eigenvalue weighted by atomic mass is 16.6. The van der Waals surface area contributed by atoms with Gasteiger partial charge >= 0.3 is 6.09 Å². The van der Waals surface area contributed by atoms with Crippen molar-refractivity contribution in [2.24, 2.45) is 10.7 Å². The predicted molar refractivity (Wildman–Crippen MR) is 201 cm³/mol. The lowest BCUT2D eigenvalue weighted by atomic mass is 9.98. The lowest BCUT2D eigenvalue weighted by Gasteiger charge is -2.26. The molecule has 0 fully saturated rings. The van der Waals surface area contributed by atoms with Crippen molar-refractivity contribution < 1.29 is 23.9 Å². The van der Waals surface area contributed by atoms with Crippen molar-refractivity contribution in [1.29, 1.82) is 0 Å². The minimum Gasteiger partial charge on any atom is -0.444 e. The van der Waals surface area contributed by atoms with Crippen molar-refractivity contribution in [3.05, 3.63) is 96.1 Å². The molecule has 0 bridgehead atoms. The molecule has 0 unspecified atom stereocenters. The third-order valence-electron chi connectivity index (χ3n) is 8.28. The second-order valence-electron chi connectivity index (χ2n) is 13.3. The van der Waals surface area contributed by atoms with Gasteiger partial charge in [0.1, 0.15) is 23.7 Å². The molecule has 4 aromatic rings. The molecule has 0 saturated carbocycles. The first kappa shape index (κ1) is 38.2. The van der Waals surface area contributed by atoms with Crippen molar-refractivity contribution in [3.8, 4) is 0 Å². The Kier molecular flexibility index (Phi) is 13.3. The summed E-state index contributed by atoms with van der Waals surface area (Å²) in [5.41, 5.74) is 6.63. The molecule has 0 saturated heterocycles. The van der Waals surface area contributed by atoms with Crippen LogP contribution in [0.15, 0.2) is 89.9 Å². The van der Waals surface area contributed by atoms with Crippen LogP contribution in [0.2, 0.25) is 0 Å². The molecule has 12 heteroatoms. The van der Waals surface area contributed by atoms with Crippen LogP contribution in [0.1, 0.15) is 44.7 Å². The Bertz CT molecular complexity index is 1860. The van der Waals surface area contributed by atoms with Crippen LogP contribution in [0.3, 0.4) is 0 Å². The van der Waals surface area contributed by atoms with Gasteiger partial charge in [0, 0.05) is 33.5 Å². The van der Waals surface area contributed by atoms with E-state index in [-0.39, 0.29) is 19.3 Å². The van der Waals surface area contributed by atoms with Crippen molar-refractivity contribution >= 4 is 51.3 Å². The molecular formula is C39H49N7O5. The Labute approximate surface area is 299 Å². The van der Waals surface area contributed by atoms with Gasteiger partial charge in [-0.3, -0.25) is 19.4 Å². The molecule has 0 radical (unpaired) electrons. The molecule has 3 atom stereocenters. The number of ether oxygens (including phenoxy) is 1. The zero-order valence-electron chi connectivity index (χ0n) is 29.9. The quantitative estimate of drug-likeness (QED) is 0.0662. The number of amides is 4. The number of rotatable bonds is 14. The first-order valence-corrected chi connectivity index (χ1v) is 17.1. The number of benzene rings is 4. The highest BCUT2D eigenvalue weighted by Gasteiger charge is 2.31. The van der Waals surface area contributed by atoms with E-state index in [9.17, 15) is 19.2 Å². The lowest BCUT2D eigenvalue weighted by Crippen LogP contribution is -2.57. The van der Waals surface area contributed by atoms with Crippen molar-refractivity contribution in [2.75, 3.05) is 20.6 Å². The summed E-state index contributed by atoms with van der Waals surface area (Å²) < 4.78 is 5.50. The van der Waals surface area contributed by atoms with Gasteiger partial charge in [-0.15, -0.1) is 0 Å². The molecule has 0 spiro atoms. The molecule has 7 N–H and O–H groups in total. The molecule has 0 aliphatic carbocycles. The number of carbonyl (C=O) groups excluding carboxylic acids is 4. The van der Waals surface area contributed by atoms with E-state index in [4.69, 9.17) is 10.5 Å². The predicted octanol–water partition coefficient (Wildman–Crippen LogP) is 3.70. The summed E-state index contributed by atoms with van der Waals surface area (Å²) in [5, 5.41) is 18.4. The molecule has 4 rings (SSSR count). The number of hydrogen-bond acceptors (Lipinski definition) is 6. The third-order valence-corrected chi connectivity index (χ3v) is 8.28. The van der Waals surface area contributed by atoms with E-state index >= 15 is 0 Å². The lowest BCUT2D eigenvalue weighted by molar-refractivity contribution is -0.132. The number of nitrogens with one attached hydrogen (secondary N) is 5. The maximum Gasteiger partial charge on any atom is 0.408 e. The summed E-state index contributed by atoms with van der Waals surface area (Å²) in [4.78, 5) is 57.7. The molecule has 0 aliphatic rings. The van der Waals surface area contributed by atoms with Crippen molar-refractivity contribution in [2.45, 2.75) is 70.2 Å². The Morgan fingerprint density at radius 2 is 1.41 bits per heavy atom. The van der Waals surface area contributed by atoms with Gasteiger partial charge in [0.05, 0.1) is 0 Å². The highest BCUT2D eigenvalue weighted by molar-refractivity contribution is 5.94. The van der Waals surface area contributed by atoms with E-state index < -0.39 is 47.5 Å². The first-order chi connectivity index (χ1) is 24.4. The monoisotopic (exact) mass is 695 g/mol. The maximum absolute atomic E-state index is 14.1.